The minimum atomic E-state index is -0.500. The molecule has 2 unspecified atom stereocenters. The van der Waals surface area contributed by atoms with Crippen LogP contribution in [0.3, 0.4) is 0 Å². The highest BCUT2D eigenvalue weighted by molar-refractivity contribution is 5.86. The minimum Gasteiger partial charge on any atom is -0.353 e. The molecule has 1 aromatic carbocycles. The van der Waals surface area contributed by atoms with Crippen LogP contribution in [0.5, 0.6) is 0 Å². The Kier molecular flexibility index (Phi) is 10.6. The van der Waals surface area contributed by atoms with Crippen LogP contribution in [0.4, 0.5) is 0 Å². The highest BCUT2D eigenvalue weighted by Gasteiger charge is 2.24. The van der Waals surface area contributed by atoms with Gasteiger partial charge in [-0.2, -0.15) is 0 Å². The number of benzene rings is 1. The van der Waals surface area contributed by atoms with E-state index in [1.54, 1.807) is 0 Å². The molecule has 166 valence electrons. The number of amides is 2. The number of ketones is 1. The number of unbranched alkanes of at least 4 members (excludes halogenated alkanes) is 2. The molecule has 1 aliphatic heterocycles. The number of carbonyl (C=O) groups is 3. The molecule has 6 heteroatoms. The summed E-state index contributed by atoms with van der Waals surface area (Å²) in [4.78, 5) is 37.8. The van der Waals surface area contributed by atoms with Crippen molar-refractivity contribution < 1.29 is 14.4 Å². The van der Waals surface area contributed by atoms with E-state index in [4.69, 9.17) is 0 Å². The van der Waals surface area contributed by atoms with Gasteiger partial charge in [-0.05, 0) is 37.3 Å². The third kappa shape index (κ3) is 8.66. The van der Waals surface area contributed by atoms with Gasteiger partial charge < -0.3 is 15.5 Å². The highest BCUT2D eigenvalue weighted by Crippen LogP contribution is 2.26. The van der Waals surface area contributed by atoms with E-state index >= 15 is 0 Å². The van der Waals surface area contributed by atoms with E-state index in [2.05, 4.69) is 39.8 Å². The molecular formula is C24H37N3O3. The monoisotopic (exact) mass is 415 g/mol. The van der Waals surface area contributed by atoms with Gasteiger partial charge in [0.05, 0.1) is 0 Å². The largest absolute Gasteiger partial charge is 0.353 e. The van der Waals surface area contributed by atoms with Gasteiger partial charge in [-0.15, -0.1) is 0 Å². The summed E-state index contributed by atoms with van der Waals surface area (Å²) in [7, 11) is 0. The molecule has 6 nitrogen and oxygen atoms in total. The Labute approximate surface area is 180 Å². The Morgan fingerprint density at radius 1 is 1.13 bits per heavy atom. The van der Waals surface area contributed by atoms with Crippen LogP contribution in [0, 0.1) is 0 Å². The second-order valence-electron chi connectivity index (χ2n) is 8.23. The lowest BCUT2D eigenvalue weighted by Crippen LogP contribution is -2.47. The molecule has 2 N–H and O–H groups in total. The van der Waals surface area contributed by atoms with Crippen molar-refractivity contribution in [1.29, 1.82) is 0 Å². The lowest BCUT2D eigenvalue weighted by molar-refractivity contribution is -0.128. The Hall–Kier alpha value is -2.21. The molecule has 2 amide bonds. The summed E-state index contributed by atoms with van der Waals surface area (Å²) < 4.78 is 0. The zero-order valence-electron chi connectivity index (χ0n) is 18.5. The van der Waals surface area contributed by atoms with E-state index in [1.165, 1.54) is 12.5 Å². The van der Waals surface area contributed by atoms with Crippen molar-refractivity contribution in [2.45, 2.75) is 70.8 Å². The SMILES string of the molecule is CCC(=O)CCCCCC(NC(C)=O)C(=O)NCCN1CCC(c2ccccc2)C1. The Bertz CT molecular complexity index is 678. The molecule has 0 aromatic heterocycles. The summed E-state index contributed by atoms with van der Waals surface area (Å²) >= 11 is 0. The maximum Gasteiger partial charge on any atom is 0.242 e. The molecular weight excluding hydrogens is 378 g/mol. The van der Waals surface area contributed by atoms with Gasteiger partial charge in [0.1, 0.15) is 11.8 Å². The second kappa shape index (κ2) is 13.2. The molecule has 30 heavy (non-hydrogen) atoms. The molecule has 0 saturated carbocycles. The quantitative estimate of drug-likeness (QED) is 0.486. The number of hydrogen-bond donors (Lipinski definition) is 2. The van der Waals surface area contributed by atoms with Gasteiger partial charge in [0.2, 0.25) is 11.8 Å². The third-order valence-corrected chi connectivity index (χ3v) is 5.81. The summed E-state index contributed by atoms with van der Waals surface area (Å²) in [6, 6.07) is 10.1. The molecule has 1 fully saturated rings. The maximum absolute atomic E-state index is 12.6. The van der Waals surface area contributed by atoms with E-state index in [9.17, 15) is 14.4 Å². The van der Waals surface area contributed by atoms with Crippen molar-refractivity contribution in [2.24, 2.45) is 0 Å². The third-order valence-electron chi connectivity index (χ3n) is 5.81. The summed E-state index contributed by atoms with van der Waals surface area (Å²) in [5.74, 6) is 0.534. The van der Waals surface area contributed by atoms with Gasteiger partial charge in [0.15, 0.2) is 0 Å². The van der Waals surface area contributed by atoms with Crippen molar-refractivity contribution >= 4 is 17.6 Å². The van der Waals surface area contributed by atoms with Crippen LogP contribution in [0.15, 0.2) is 30.3 Å². The van der Waals surface area contributed by atoms with Gasteiger partial charge in [-0.1, -0.05) is 50.1 Å². The fraction of sp³-hybridized carbons (Fsp3) is 0.625. The van der Waals surface area contributed by atoms with Crippen LogP contribution in [-0.4, -0.2) is 54.7 Å². The molecule has 1 aliphatic rings. The molecule has 0 aliphatic carbocycles. The maximum atomic E-state index is 12.6. The van der Waals surface area contributed by atoms with Gasteiger partial charge in [-0.3, -0.25) is 14.4 Å². The van der Waals surface area contributed by atoms with Crippen LogP contribution in [-0.2, 0) is 14.4 Å². The molecule has 1 heterocycles. The lowest BCUT2D eigenvalue weighted by Gasteiger charge is -2.20. The number of rotatable bonds is 13. The van der Waals surface area contributed by atoms with E-state index in [0.717, 1.165) is 45.3 Å². The van der Waals surface area contributed by atoms with Crippen LogP contribution < -0.4 is 10.6 Å². The minimum absolute atomic E-state index is 0.117. The van der Waals surface area contributed by atoms with E-state index < -0.39 is 6.04 Å². The average molecular weight is 416 g/mol. The number of nitrogens with zero attached hydrogens (tertiary/aromatic N) is 1. The first-order chi connectivity index (χ1) is 14.5. The number of hydrogen-bond acceptors (Lipinski definition) is 4. The predicted molar refractivity (Wildman–Crippen MR) is 119 cm³/mol. The number of nitrogens with one attached hydrogen (secondary N) is 2. The first kappa shape index (κ1) is 24.1. The fourth-order valence-corrected chi connectivity index (χ4v) is 4.03. The molecule has 1 saturated heterocycles. The Morgan fingerprint density at radius 3 is 2.60 bits per heavy atom. The first-order valence-corrected chi connectivity index (χ1v) is 11.3. The van der Waals surface area contributed by atoms with Gasteiger partial charge in [0.25, 0.3) is 0 Å². The van der Waals surface area contributed by atoms with Gasteiger partial charge in [0, 0.05) is 39.4 Å². The molecule has 0 bridgehead atoms. The van der Waals surface area contributed by atoms with Crippen molar-refractivity contribution in [1.82, 2.24) is 15.5 Å². The average Bonchev–Trinajstić information content (AvgIpc) is 3.21. The number of carbonyl (C=O) groups excluding carboxylic acids is 3. The lowest BCUT2D eigenvalue weighted by atomic mass is 9.99. The van der Waals surface area contributed by atoms with E-state index in [0.29, 0.717) is 31.7 Å². The van der Waals surface area contributed by atoms with Crippen molar-refractivity contribution in [2.75, 3.05) is 26.2 Å². The molecule has 0 spiro atoms. The highest BCUT2D eigenvalue weighted by atomic mass is 16.2. The topological polar surface area (TPSA) is 78.5 Å². The van der Waals surface area contributed by atoms with Gasteiger partial charge in [-0.25, -0.2) is 0 Å². The van der Waals surface area contributed by atoms with Crippen LogP contribution in [0.1, 0.15) is 70.3 Å². The summed E-state index contributed by atoms with van der Waals surface area (Å²) in [6.45, 7) is 6.78. The van der Waals surface area contributed by atoms with Crippen molar-refractivity contribution in [3.8, 4) is 0 Å². The molecule has 0 radical (unpaired) electrons. The first-order valence-electron chi connectivity index (χ1n) is 11.3. The second-order valence-corrected chi connectivity index (χ2v) is 8.23. The number of likely N-dealkylation sites (tertiary alicyclic amines) is 1. The van der Waals surface area contributed by atoms with Crippen LogP contribution >= 0.6 is 0 Å². The van der Waals surface area contributed by atoms with Crippen molar-refractivity contribution in [3.05, 3.63) is 35.9 Å². The number of Topliss-reactive ketones (excluding diaryl/α,β-unsaturated/α-hetero) is 1. The van der Waals surface area contributed by atoms with Crippen LogP contribution in [0.25, 0.3) is 0 Å². The van der Waals surface area contributed by atoms with Crippen LogP contribution in [0.2, 0.25) is 0 Å². The predicted octanol–water partition coefficient (Wildman–Crippen LogP) is 3.03. The van der Waals surface area contributed by atoms with E-state index in [1.807, 2.05) is 13.0 Å². The normalized spacial score (nSPS) is 17.5. The molecule has 1 aromatic rings. The van der Waals surface area contributed by atoms with Gasteiger partial charge >= 0.3 is 0 Å². The standard InChI is InChI=1S/C24H37N3O3/c1-3-22(29)12-8-5-9-13-23(26-19(2)28)24(30)25-15-17-27-16-14-21(18-27)20-10-6-4-7-11-20/h4,6-7,10-11,21,23H,3,5,8-9,12-18H2,1-2H3,(H,25,30)(H,26,28). The van der Waals surface area contributed by atoms with E-state index in [-0.39, 0.29) is 17.6 Å². The van der Waals surface area contributed by atoms with Crippen molar-refractivity contribution in [3.63, 3.8) is 0 Å². The Balaban J connectivity index is 1.68. The zero-order chi connectivity index (χ0) is 21.8. The molecule has 2 atom stereocenters. The fourth-order valence-electron chi connectivity index (χ4n) is 4.03. The Morgan fingerprint density at radius 2 is 1.90 bits per heavy atom. The summed E-state index contributed by atoms with van der Waals surface area (Å²) in [5.41, 5.74) is 1.38. The zero-order valence-corrected chi connectivity index (χ0v) is 18.5. The smallest absolute Gasteiger partial charge is 0.242 e. The summed E-state index contributed by atoms with van der Waals surface area (Å²) in [6.07, 6.45) is 5.49. The molecule has 2 rings (SSSR count). The summed E-state index contributed by atoms with van der Waals surface area (Å²) in [5, 5.41) is 5.75.